The zero-order valence-corrected chi connectivity index (χ0v) is 14.2. The molecule has 1 aromatic rings. The first-order chi connectivity index (χ1) is 9.53. The molecule has 1 aliphatic heterocycles. The number of carboxylic acids is 1. The molecule has 0 aliphatic carbocycles. The molecule has 1 fully saturated rings. The van der Waals surface area contributed by atoms with E-state index in [1.807, 2.05) is 0 Å². The molecule has 7 nitrogen and oxygen atoms in total. The summed E-state index contributed by atoms with van der Waals surface area (Å²) in [6, 6.07) is 1.01. The molecule has 0 spiro atoms. The number of carboxylic acid groups (broad SMARTS) is 1. The predicted octanol–water partition coefficient (Wildman–Crippen LogP) is 1.93. The highest BCUT2D eigenvalue weighted by molar-refractivity contribution is 9.10. The van der Waals surface area contributed by atoms with Crippen LogP contribution in [0.1, 0.15) is 31.3 Å². The van der Waals surface area contributed by atoms with Gasteiger partial charge in [-0.2, -0.15) is 4.31 Å². The fraction of sp³-hybridized carbons (Fsp3) is 0.583. The molecule has 1 atom stereocenters. The Kier molecular flexibility index (Phi) is 4.22. The molecular formula is C12H16BrNO6S. The van der Waals surface area contributed by atoms with Gasteiger partial charge in [-0.15, -0.1) is 0 Å². The van der Waals surface area contributed by atoms with Crippen molar-refractivity contribution in [3.63, 3.8) is 0 Å². The molecule has 0 amide bonds. The van der Waals surface area contributed by atoms with E-state index < -0.39 is 27.4 Å². The van der Waals surface area contributed by atoms with Crippen LogP contribution in [0.4, 0.5) is 0 Å². The summed E-state index contributed by atoms with van der Waals surface area (Å²) in [7, 11) is -3.86. The maximum Gasteiger partial charge on any atom is 0.371 e. The van der Waals surface area contributed by atoms with Gasteiger partial charge in [-0.1, -0.05) is 0 Å². The minimum atomic E-state index is -3.86. The summed E-state index contributed by atoms with van der Waals surface area (Å²) in [6.07, 6.45) is -0.256. The number of furan rings is 1. The van der Waals surface area contributed by atoms with Crippen molar-refractivity contribution in [2.24, 2.45) is 0 Å². The summed E-state index contributed by atoms with van der Waals surface area (Å²) in [4.78, 5) is 10.7. The minimum Gasteiger partial charge on any atom is -0.475 e. The summed E-state index contributed by atoms with van der Waals surface area (Å²) < 4.78 is 37.1. The van der Waals surface area contributed by atoms with Gasteiger partial charge in [0.2, 0.25) is 15.8 Å². The van der Waals surface area contributed by atoms with Crippen LogP contribution in [0.25, 0.3) is 0 Å². The molecule has 1 aliphatic rings. The summed E-state index contributed by atoms with van der Waals surface area (Å²) in [5.41, 5.74) is -0.615. The van der Waals surface area contributed by atoms with Crippen LogP contribution in [0.5, 0.6) is 0 Å². The number of carbonyl (C=O) groups is 1. The van der Waals surface area contributed by atoms with E-state index >= 15 is 0 Å². The van der Waals surface area contributed by atoms with E-state index in [0.29, 0.717) is 0 Å². The monoisotopic (exact) mass is 381 g/mol. The number of hydrogen-bond acceptors (Lipinski definition) is 5. The van der Waals surface area contributed by atoms with Gasteiger partial charge < -0.3 is 14.3 Å². The smallest absolute Gasteiger partial charge is 0.371 e. The molecule has 9 heteroatoms. The van der Waals surface area contributed by atoms with Crippen molar-refractivity contribution < 1.29 is 27.5 Å². The van der Waals surface area contributed by atoms with Crippen LogP contribution in [0.15, 0.2) is 20.0 Å². The standard InChI is InChI=1S/C12H16BrNO6S/c1-7-5-14(6-12(2,3)20-7)21(17,18)9-4-8(11(15)16)19-10(9)13/h4,7H,5-6H2,1-3H3,(H,15,16). The molecule has 0 bridgehead atoms. The van der Waals surface area contributed by atoms with Gasteiger partial charge in [0, 0.05) is 19.2 Å². The van der Waals surface area contributed by atoms with Gasteiger partial charge in [0.25, 0.3) is 0 Å². The number of morpholine rings is 1. The number of hydrogen-bond donors (Lipinski definition) is 1. The van der Waals surface area contributed by atoms with Crippen LogP contribution in [0, 0.1) is 0 Å². The number of ether oxygens (including phenoxy) is 1. The number of halogens is 1. The number of sulfonamides is 1. The average Bonchev–Trinajstić information content (AvgIpc) is 2.69. The first kappa shape index (κ1) is 16.5. The normalized spacial score (nSPS) is 23.1. The van der Waals surface area contributed by atoms with Crippen LogP contribution in [-0.2, 0) is 14.8 Å². The van der Waals surface area contributed by atoms with Crippen LogP contribution >= 0.6 is 15.9 Å². The maximum atomic E-state index is 12.7. The van der Waals surface area contributed by atoms with E-state index in [-0.39, 0.29) is 28.8 Å². The van der Waals surface area contributed by atoms with E-state index in [2.05, 4.69) is 15.9 Å². The average molecular weight is 382 g/mol. The van der Waals surface area contributed by atoms with Crippen LogP contribution in [-0.4, -0.2) is 48.6 Å². The Morgan fingerprint density at radius 1 is 1.52 bits per heavy atom. The molecule has 1 aromatic heterocycles. The van der Waals surface area contributed by atoms with Crippen molar-refractivity contribution in [2.75, 3.05) is 13.1 Å². The Labute approximate surface area is 131 Å². The third-order valence-electron chi connectivity index (χ3n) is 3.02. The van der Waals surface area contributed by atoms with Crippen molar-refractivity contribution in [3.8, 4) is 0 Å². The number of aromatic carboxylic acids is 1. The second kappa shape index (κ2) is 5.38. The zero-order valence-electron chi connectivity index (χ0n) is 11.8. The molecule has 21 heavy (non-hydrogen) atoms. The lowest BCUT2D eigenvalue weighted by atomic mass is 10.1. The third kappa shape index (κ3) is 3.31. The summed E-state index contributed by atoms with van der Waals surface area (Å²) >= 11 is 2.96. The van der Waals surface area contributed by atoms with E-state index in [9.17, 15) is 13.2 Å². The highest BCUT2D eigenvalue weighted by Crippen LogP contribution is 2.32. The Morgan fingerprint density at radius 3 is 2.62 bits per heavy atom. The van der Waals surface area contributed by atoms with Gasteiger partial charge in [0.05, 0.1) is 11.7 Å². The van der Waals surface area contributed by atoms with Gasteiger partial charge in [0.15, 0.2) is 4.67 Å². The molecule has 1 N–H and O–H groups in total. The molecule has 2 rings (SSSR count). The van der Waals surface area contributed by atoms with Gasteiger partial charge in [-0.25, -0.2) is 13.2 Å². The Balaban J connectivity index is 2.40. The van der Waals surface area contributed by atoms with Crippen molar-refractivity contribution in [1.29, 1.82) is 0 Å². The fourth-order valence-electron chi connectivity index (χ4n) is 2.35. The molecule has 1 unspecified atom stereocenters. The number of nitrogens with zero attached hydrogens (tertiary/aromatic N) is 1. The first-order valence-electron chi connectivity index (χ1n) is 6.23. The van der Waals surface area contributed by atoms with Gasteiger partial charge >= 0.3 is 5.97 Å². The van der Waals surface area contributed by atoms with Crippen molar-refractivity contribution >= 4 is 31.9 Å². The predicted molar refractivity (Wildman–Crippen MR) is 76.8 cm³/mol. The number of rotatable bonds is 3. The van der Waals surface area contributed by atoms with Crippen molar-refractivity contribution in [3.05, 3.63) is 16.5 Å². The molecule has 118 valence electrons. The first-order valence-corrected chi connectivity index (χ1v) is 8.47. The minimum absolute atomic E-state index is 0.114. The molecule has 0 radical (unpaired) electrons. The second-order valence-electron chi connectivity index (χ2n) is 5.54. The second-order valence-corrected chi connectivity index (χ2v) is 8.17. The maximum absolute atomic E-state index is 12.7. The lowest BCUT2D eigenvalue weighted by Crippen LogP contribution is -2.53. The Hall–Kier alpha value is -0.900. The Bertz CT molecular complexity index is 665. The van der Waals surface area contributed by atoms with E-state index in [0.717, 1.165) is 6.07 Å². The van der Waals surface area contributed by atoms with E-state index in [1.165, 1.54) is 4.31 Å². The zero-order chi connectivity index (χ0) is 16.0. The fourth-order valence-corrected chi connectivity index (χ4v) is 4.92. The lowest BCUT2D eigenvalue weighted by molar-refractivity contribution is -0.109. The molecule has 1 saturated heterocycles. The van der Waals surface area contributed by atoms with E-state index in [1.54, 1.807) is 20.8 Å². The van der Waals surface area contributed by atoms with Crippen LogP contribution < -0.4 is 0 Å². The summed E-state index contributed by atoms with van der Waals surface area (Å²) in [5.74, 6) is -1.76. The largest absolute Gasteiger partial charge is 0.475 e. The third-order valence-corrected chi connectivity index (χ3v) is 5.69. The van der Waals surface area contributed by atoms with Crippen LogP contribution in [0.3, 0.4) is 0 Å². The summed E-state index contributed by atoms with van der Waals surface area (Å²) in [5, 5.41) is 8.88. The Morgan fingerprint density at radius 2 is 2.14 bits per heavy atom. The lowest BCUT2D eigenvalue weighted by Gasteiger charge is -2.40. The molecule has 2 heterocycles. The highest BCUT2D eigenvalue weighted by Gasteiger charge is 2.39. The van der Waals surface area contributed by atoms with Gasteiger partial charge in [-0.3, -0.25) is 0 Å². The van der Waals surface area contributed by atoms with Crippen molar-refractivity contribution in [1.82, 2.24) is 4.31 Å². The molecule has 0 saturated carbocycles. The molecule has 0 aromatic carbocycles. The topological polar surface area (TPSA) is 97.1 Å². The van der Waals surface area contributed by atoms with Gasteiger partial charge in [-0.05, 0) is 36.7 Å². The highest BCUT2D eigenvalue weighted by atomic mass is 79.9. The quantitative estimate of drug-likeness (QED) is 0.858. The summed E-state index contributed by atoms with van der Waals surface area (Å²) in [6.45, 7) is 5.78. The van der Waals surface area contributed by atoms with Gasteiger partial charge in [0.1, 0.15) is 4.90 Å². The molecular weight excluding hydrogens is 366 g/mol. The van der Waals surface area contributed by atoms with Crippen molar-refractivity contribution in [2.45, 2.75) is 37.4 Å². The van der Waals surface area contributed by atoms with E-state index in [4.69, 9.17) is 14.3 Å². The van der Waals surface area contributed by atoms with Crippen LogP contribution in [0.2, 0.25) is 0 Å². The SMILES string of the molecule is CC1CN(S(=O)(=O)c2cc(C(=O)O)oc2Br)CC(C)(C)O1.